The number of nitrogens with one attached hydrogen (secondary N) is 2. The number of rotatable bonds is 13. The first kappa shape index (κ1) is 34.4. The number of halogens is 3. The third-order valence-corrected chi connectivity index (χ3v) is 9.24. The van der Waals surface area contributed by atoms with Gasteiger partial charge in [0.25, 0.3) is 15.9 Å². The summed E-state index contributed by atoms with van der Waals surface area (Å²) in [5.41, 5.74) is 2.24. The number of hydrogen-bond acceptors (Lipinski definition) is 5. The van der Waals surface area contributed by atoms with Crippen LogP contribution in [-0.2, 0) is 32.7 Å². The molecule has 0 aliphatic rings. The van der Waals surface area contributed by atoms with E-state index in [1.54, 1.807) is 42.5 Å². The van der Waals surface area contributed by atoms with Crippen LogP contribution >= 0.6 is 23.2 Å². The van der Waals surface area contributed by atoms with Crippen LogP contribution in [0, 0.1) is 5.82 Å². The molecule has 0 saturated carbocycles. The fourth-order valence-corrected chi connectivity index (χ4v) is 6.36. The van der Waals surface area contributed by atoms with Gasteiger partial charge in [-0.1, -0.05) is 89.9 Å². The molecular weight excluding hydrogens is 676 g/mol. The van der Waals surface area contributed by atoms with Gasteiger partial charge in [-0.2, -0.15) is 0 Å². The van der Waals surface area contributed by atoms with Crippen molar-refractivity contribution in [3.8, 4) is 5.75 Å². The third kappa shape index (κ3) is 9.13. The van der Waals surface area contributed by atoms with Gasteiger partial charge in [0, 0.05) is 28.8 Å². The summed E-state index contributed by atoms with van der Waals surface area (Å²) in [5, 5.41) is 3.78. The second-order valence-corrected chi connectivity index (χ2v) is 13.2. The molecule has 1 unspecified atom stereocenters. The highest BCUT2D eigenvalue weighted by atomic mass is 35.5. The summed E-state index contributed by atoms with van der Waals surface area (Å²) >= 11 is 12.4. The number of benzene rings is 5. The van der Waals surface area contributed by atoms with Crippen molar-refractivity contribution >= 4 is 50.7 Å². The zero-order valence-electron chi connectivity index (χ0n) is 25.4. The number of carbonyl (C=O) groups is 2. The number of hydrogen-bond donors (Lipinski definition) is 2. The lowest BCUT2D eigenvalue weighted by Gasteiger charge is -2.31. The summed E-state index contributed by atoms with van der Waals surface area (Å²) in [4.78, 5) is 29.2. The van der Waals surface area contributed by atoms with Gasteiger partial charge in [-0.25, -0.2) is 12.8 Å². The number of amides is 2. The molecule has 8 nitrogen and oxygen atoms in total. The minimum absolute atomic E-state index is 0.0576. The predicted molar refractivity (Wildman–Crippen MR) is 184 cm³/mol. The van der Waals surface area contributed by atoms with Crippen LogP contribution in [0.5, 0.6) is 5.75 Å². The Labute approximate surface area is 288 Å². The number of carbonyl (C=O) groups excluding carboxylic acids is 2. The molecule has 2 amide bonds. The Morgan fingerprint density at radius 3 is 2.10 bits per heavy atom. The van der Waals surface area contributed by atoms with Crippen LogP contribution in [0.2, 0.25) is 10.0 Å². The Hall–Kier alpha value is -4.90. The molecule has 12 heteroatoms. The summed E-state index contributed by atoms with van der Waals surface area (Å²) in [5.74, 6) is -1.17. The van der Waals surface area contributed by atoms with Crippen molar-refractivity contribution in [2.75, 3.05) is 11.3 Å². The molecule has 0 aromatic heterocycles. The lowest BCUT2D eigenvalue weighted by Crippen LogP contribution is -2.45. The zero-order chi connectivity index (χ0) is 34.1. The molecule has 0 aliphatic carbocycles. The second-order valence-electron chi connectivity index (χ2n) is 10.6. The second kappa shape index (κ2) is 15.8. The summed E-state index contributed by atoms with van der Waals surface area (Å²) in [6, 6.07) is 32.6. The van der Waals surface area contributed by atoms with E-state index < -0.39 is 40.3 Å². The van der Waals surface area contributed by atoms with Crippen LogP contribution in [-0.4, -0.2) is 31.7 Å². The Morgan fingerprint density at radius 1 is 0.812 bits per heavy atom. The molecule has 0 spiro atoms. The SMILES string of the molecule is O=C(NCc1ccc(Cl)cc1Cl)C(c1ccccc1)N(Cc1ccccc1)C(=O)COc1ccc(S(=O)(=O)Nc2ccc(F)cc2)cc1. The predicted octanol–water partition coefficient (Wildman–Crippen LogP) is 7.40. The Morgan fingerprint density at radius 2 is 1.46 bits per heavy atom. The van der Waals surface area contributed by atoms with Crippen LogP contribution in [0.15, 0.2) is 132 Å². The van der Waals surface area contributed by atoms with Crippen LogP contribution in [0.4, 0.5) is 10.1 Å². The van der Waals surface area contributed by atoms with Crippen LogP contribution in [0.25, 0.3) is 0 Å². The van der Waals surface area contributed by atoms with Crippen molar-refractivity contribution in [1.29, 1.82) is 0 Å². The number of sulfonamides is 1. The third-order valence-electron chi connectivity index (χ3n) is 7.25. The van der Waals surface area contributed by atoms with Gasteiger partial charge in [0.2, 0.25) is 5.91 Å². The van der Waals surface area contributed by atoms with E-state index >= 15 is 0 Å². The summed E-state index contributed by atoms with van der Waals surface area (Å²) < 4.78 is 47.0. The summed E-state index contributed by atoms with van der Waals surface area (Å²) in [6.07, 6.45) is 0. The van der Waals surface area contributed by atoms with E-state index in [9.17, 15) is 22.4 Å². The van der Waals surface area contributed by atoms with Gasteiger partial charge in [0.1, 0.15) is 17.6 Å². The molecule has 5 aromatic carbocycles. The van der Waals surface area contributed by atoms with E-state index in [0.29, 0.717) is 21.2 Å². The van der Waals surface area contributed by atoms with Crippen molar-refractivity contribution in [1.82, 2.24) is 10.2 Å². The molecule has 0 heterocycles. The Bertz CT molecular complexity index is 1970. The largest absolute Gasteiger partial charge is 0.484 e. The van der Waals surface area contributed by atoms with Crippen molar-refractivity contribution < 1.29 is 27.1 Å². The van der Waals surface area contributed by atoms with E-state index in [0.717, 1.165) is 17.7 Å². The smallest absolute Gasteiger partial charge is 0.261 e. The molecule has 5 rings (SSSR count). The lowest BCUT2D eigenvalue weighted by atomic mass is 10.0. The fourth-order valence-electron chi connectivity index (χ4n) is 4.83. The minimum Gasteiger partial charge on any atom is -0.484 e. The van der Waals surface area contributed by atoms with E-state index in [2.05, 4.69) is 10.0 Å². The van der Waals surface area contributed by atoms with Gasteiger partial charge in [0.05, 0.1) is 4.90 Å². The number of ether oxygens (including phenoxy) is 1. The normalized spacial score (nSPS) is 11.7. The summed E-state index contributed by atoms with van der Waals surface area (Å²) in [7, 11) is -3.97. The average molecular weight is 707 g/mol. The van der Waals surface area contributed by atoms with Gasteiger partial charge in [-0.05, 0) is 77.4 Å². The molecule has 246 valence electrons. The molecule has 0 aliphatic heterocycles. The van der Waals surface area contributed by atoms with E-state index in [1.807, 2.05) is 36.4 Å². The highest BCUT2D eigenvalue weighted by molar-refractivity contribution is 7.92. The first-order chi connectivity index (χ1) is 23.1. The van der Waals surface area contributed by atoms with Gasteiger partial charge < -0.3 is 15.0 Å². The van der Waals surface area contributed by atoms with E-state index in [4.69, 9.17) is 27.9 Å². The molecule has 48 heavy (non-hydrogen) atoms. The lowest BCUT2D eigenvalue weighted by molar-refractivity contribution is -0.143. The highest BCUT2D eigenvalue weighted by Gasteiger charge is 2.32. The van der Waals surface area contributed by atoms with E-state index in [-0.39, 0.29) is 29.4 Å². The van der Waals surface area contributed by atoms with Gasteiger partial charge in [-0.3, -0.25) is 14.3 Å². The standard InChI is InChI=1S/C36H30Cl2FN3O5S/c37-28-12-11-27(33(38)21-28)22-40-36(44)35(26-9-5-2-6-10-26)42(23-25-7-3-1-4-8-25)34(43)24-47-31-17-19-32(20-18-31)48(45,46)41-30-15-13-29(39)14-16-30/h1-21,35,41H,22-24H2,(H,40,44). The topological polar surface area (TPSA) is 105 Å². The average Bonchev–Trinajstić information content (AvgIpc) is 3.08. The fraction of sp³-hybridized carbons (Fsp3) is 0.111. The van der Waals surface area contributed by atoms with Gasteiger partial charge in [0.15, 0.2) is 6.61 Å². The molecular formula is C36H30Cl2FN3O5S. The maximum atomic E-state index is 13.9. The van der Waals surface area contributed by atoms with Crippen LogP contribution < -0.4 is 14.8 Å². The van der Waals surface area contributed by atoms with E-state index in [1.165, 1.54) is 41.3 Å². The molecule has 1 atom stereocenters. The zero-order valence-corrected chi connectivity index (χ0v) is 27.7. The Kier molecular flexibility index (Phi) is 11.3. The number of nitrogens with zero attached hydrogens (tertiary/aromatic N) is 1. The maximum absolute atomic E-state index is 13.9. The molecule has 0 fully saturated rings. The van der Waals surface area contributed by atoms with Gasteiger partial charge in [-0.15, -0.1) is 0 Å². The quantitative estimate of drug-likeness (QED) is 0.133. The van der Waals surface area contributed by atoms with Gasteiger partial charge >= 0.3 is 0 Å². The monoisotopic (exact) mass is 705 g/mol. The van der Waals surface area contributed by atoms with Crippen molar-refractivity contribution in [2.45, 2.75) is 24.0 Å². The molecule has 0 radical (unpaired) electrons. The van der Waals surface area contributed by atoms with Crippen molar-refractivity contribution in [2.24, 2.45) is 0 Å². The van der Waals surface area contributed by atoms with Crippen molar-refractivity contribution in [3.63, 3.8) is 0 Å². The maximum Gasteiger partial charge on any atom is 0.261 e. The first-order valence-corrected chi connectivity index (χ1v) is 16.9. The molecule has 0 bridgehead atoms. The van der Waals surface area contributed by atoms with Crippen LogP contribution in [0.3, 0.4) is 0 Å². The number of anilines is 1. The first-order valence-electron chi connectivity index (χ1n) is 14.7. The summed E-state index contributed by atoms with van der Waals surface area (Å²) in [6.45, 7) is -0.232. The molecule has 2 N–H and O–H groups in total. The molecule has 5 aromatic rings. The highest BCUT2D eigenvalue weighted by Crippen LogP contribution is 2.26. The Balaban J connectivity index is 1.35. The van der Waals surface area contributed by atoms with Crippen LogP contribution in [0.1, 0.15) is 22.7 Å². The minimum atomic E-state index is -3.97. The molecule has 0 saturated heterocycles. The van der Waals surface area contributed by atoms with Crippen molar-refractivity contribution in [3.05, 3.63) is 160 Å².